The van der Waals surface area contributed by atoms with Crippen LogP contribution in [0.25, 0.3) is 0 Å². The second kappa shape index (κ2) is 2.31. The predicted octanol–water partition coefficient (Wildman–Crippen LogP) is 1.07. The highest BCUT2D eigenvalue weighted by Gasteiger charge is 2.11. The summed E-state index contributed by atoms with van der Waals surface area (Å²) in [6.07, 6.45) is 0.899. The van der Waals surface area contributed by atoms with Crippen molar-refractivity contribution in [1.29, 1.82) is 0 Å². The SMILES string of the molecule is CCC1=NC(=O)CS1. The van der Waals surface area contributed by atoms with Gasteiger partial charge in [-0.15, -0.1) is 11.8 Å². The molecule has 0 aromatic heterocycles. The van der Waals surface area contributed by atoms with Crippen molar-refractivity contribution in [3.05, 3.63) is 0 Å². The Balaban J connectivity index is 2.57. The van der Waals surface area contributed by atoms with Crippen molar-refractivity contribution in [2.45, 2.75) is 13.3 Å². The summed E-state index contributed by atoms with van der Waals surface area (Å²) in [6, 6.07) is 0. The molecule has 0 saturated carbocycles. The van der Waals surface area contributed by atoms with E-state index in [1.54, 1.807) is 11.8 Å². The Morgan fingerprint density at radius 3 is 2.88 bits per heavy atom. The lowest BCUT2D eigenvalue weighted by Crippen LogP contribution is -1.86. The minimum atomic E-state index is 0.0202. The molecule has 2 nitrogen and oxygen atoms in total. The van der Waals surface area contributed by atoms with E-state index in [9.17, 15) is 4.79 Å². The molecule has 0 aliphatic carbocycles. The zero-order chi connectivity index (χ0) is 5.98. The molecule has 1 aliphatic heterocycles. The number of nitrogens with zero attached hydrogens (tertiary/aromatic N) is 1. The molecule has 1 rings (SSSR count). The minimum absolute atomic E-state index is 0.0202. The zero-order valence-corrected chi connectivity index (χ0v) is 5.49. The number of thioether (sulfide) groups is 1. The molecule has 0 fully saturated rings. The maximum Gasteiger partial charge on any atom is 0.256 e. The van der Waals surface area contributed by atoms with Crippen LogP contribution in [0.1, 0.15) is 13.3 Å². The number of carbonyl (C=O) groups excluding carboxylic acids is 1. The lowest BCUT2D eigenvalue weighted by Gasteiger charge is -1.84. The van der Waals surface area contributed by atoms with Crippen LogP contribution in [0, 0.1) is 0 Å². The number of rotatable bonds is 1. The van der Waals surface area contributed by atoms with E-state index in [-0.39, 0.29) is 5.91 Å². The molecule has 1 heterocycles. The van der Waals surface area contributed by atoms with E-state index >= 15 is 0 Å². The molecule has 0 aromatic carbocycles. The molecular weight excluding hydrogens is 122 g/mol. The number of hydrogen-bond donors (Lipinski definition) is 0. The van der Waals surface area contributed by atoms with Crippen LogP contribution in [0.2, 0.25) is 0 Å². The van der Waals surface area contributed by atoms with Crippen LogP contribution in [0.4, 0.5) is 0 Å². The van der Waals surface area contributed by atoms with Crippen molar-refractivity contribution in [3.63, 3.8) is 0 Å². The molecule has 0 spiro atoms. The molecule has 1 aliphatic rings. The van der Waals surface area contributed by atoms with Crippen molar-refractivity contribution in [2.75, 3.05) is 5.75 Å². The summed E-state index contributed by atoms with van der Waals surface area (Å²) in [6.45, 7) is 2.00. The number of amides is 1. The summed E-state index contributed by atoms with van der Waals surface area (Å²) in [7, 11) is 0. The summed E-state index contributed by atoms with van der Waals surface area (Å²) >= 11 is 1.55. The van der Waals surface area contributed by atoms with E-state index < -0.39 is 0 Å². The fourth-order valence-corrected chi connectivity index (χ4v) is 1.25. The molecule has 0 saturated heterocycles. The molecule has 0 unspecified atom stereocenters. The van der Waals surface area contributed by atoms with E-state index in [1.165, 1.54) is 0 Å². The predicted molar refractivity (Wildman–Crippen MR) is 35.2 cm³/mol. The standard InChI is InChI=1S/C5H7NOS/c1-2-5-6-4(7)3-8-5/h2-3H2,1H3. The Labute approximate surface area is 52.4 Å². The third kappa shape index (κ3) is 1.10. The first-order valence-corrected chi connectivity index (χ1v) is 3.54. The lowest BCUT2D eigenvalue weighted by molar-refractivity contribution is -0.115. The van der Waals surface area contributed by atoms with Crippen molar-refractivity contribution >= 4 is 22.7 Å². The molecule has 0 N–H and O–H groups in total. The first-order chi connectivity index (χ1) is 3.83. The quantitative estimate of drug-likeness (QED) is 0.530. The van der Waals surface area contributed by atoms with Crippen LogP contribution in [0.3, 0.4) is 0 Å². The molecule has 0 radical (unpaired) electrons. The molecule has 0 aromatic rings. The largest absolute Gasteiger partial charge is 0.272 e. The van der Waals surface area contributed by atoms with Gasteiger partial charge in [-0.25, -0.2) is 4.99 Å². The number of aliphatic imine (C=N–C) groups is 1. The highest BCUT2D eigenvalue weighted by Crippen LogP contribution is 2.14. The average Bonchev–Trinajstić information content (AvgIpc) is 2.14. The summed E-state index contributed by atoms with van der Waals surface area (Å²) in [5.41, 5.74) is 0. The maximum absolute atomic E-state index is 10.4. The van der Waals surface area contributed by atoms with Crippen molar-refractivity contribution in [2.24, 2.45) is 4.99 Å². The average molecular weight is 129 g/mol. The first-order valence-electron chi connectivity index (χ1n) is 2.56. The van der Waals surface area contributed by atoms with Crippen molar-refractivity contribution in [3.8, 4) is 0 Å². The Kier molecular flexibility index (Phi) is 1.68. The fourth-order valence-electron chi connectivity index (χ4n) is 0.530. The van der Waals surface area contributed by atoms with Gasteiger partial charge in [-0.3, -0.25) is 4.79 Å². The maximum atomic E-state index is 10.4. The molecule has 1 amide bonds. The summed E-state index contributed by atoms with van der Waals surface area (Å²) in [5.74, 6) is 0.579. The highest BCUT2D eigenvalue weighted by atomic mass is 32.2. The molecular formula is C5H7NOS. The normalized spacial score (nSPS) is 19.1. The molecule has 0 atom stereocenters. The molecule has 0 bridgehead atoms. The van der Waals surface area contributed by atoms with Crippen LogP contribution < -0.4 is 0 Å². The van der Waals surface area contributed by atoms with Gasteiger partial charge in [0.05, 0.1) is 10.8 Å². The van der Waals surface area contributed by atoms with Crippen molar-refractivity contribution in [1.82, 2.24) is 0 Å². The Morgan fingerprint density at radius 1 is 1.88 bits per heavy atom. The fraction of sp³-hybridized carbons (Fsp3) is 0.600. The van der Waals surface area contributed by atoms with E-state index in [1.807, 2.05) is 6.92 Å². The molecule has 8 heavy (non-hydrogen) atoms. The second-order valence-corrected chi connectivity index (χ2v) is 2.59. The van der Waals surface area contributed by atoms with Gasteiger partial charge in [-0.2, -0.15) is 0 Å². The van der Waals surface area contributed by atoms with Gasteiger partial charge < -0.3 is 0 Å². The Bertz CT molecular complexity index is 141. The number of carbonyl (C=O) groups is 1. The van der Waals surface area contributed by atoms with E-state index in [2.05, 4.69) is 4.99 Å². The van der Waals surface area contributed by atoms with E-state index in [0.29, 0.717) is 5.75 Å². The van der Waals surface area contributed by atoms with Gasteiger partial charge in [0.25, 0.3) is 5.91 Å². The smallest absolute Gasteiger partial charge is 0.256 e. The van der Waals surface area contributed by atoms with Gasteiger partial charge in [0.15, 0.2) is 0 Å². The third-order valence-corrected chi connectivity index (χ3v) is 2.02. The van der Waals surface area contributed by atoms with Gasteiger partial charge in [0, 0.05) is 0 Å². The summed E-state index contributed by atoms with van der Waals surface area (Å²) < 4.78 is 0. The molecule has 3 heteroatoms. The van der Waals surface area contributed by atoms with E-state index in [0.717, 1.165) is 11.5 Å². The van der Waals surface area contributed by atoms with Gasteiger partial charge in [-0.1, -0.05) is 6.92 Å². The zero-order valence-electron chi connectivity index (χ0n) is 4.68. The van der Waals surface area contributed by atoms with Gasteiger partial charge >= 0.3 is 0 Å². The third-order valence-electron chi connectivity index (χ3n) is 0.914. The first kappa shape index (κ1) is 5.82. The highest BCUT2D eigenvalue weighted by molar-refractivity contribution is 8.15. The Hall–Kier alpha value is -0.310. The monoisotopic (exact) mass is 129 g/mol. The van der Waals surface area contributed by atoms with Crippen LogP contribution in [0.15, 0.2) is 4.99 Å². The van der Waals surface area contributed by atoms with Crippen LogP contribution in [0.5, 0.6) is 0 Å². The lowest BCUT2D eigenvalue weighted by atomic mass is 10.5. The van der Waals surface area contributed by atoms with Crippen molar-refractivity contribution < 1.29 is 4.79 Å². The Morgan fingerprint density at radius 2 is 2.62 bits per heavy atom. The van der Waals surface area contributed by atoms with E-state index in [4.69, 9.17) is 0 Å². The molecule has 44 valence electrons. The minimum Gasteiger partial charge on any atom is -0.272 e. The van der Waals surface area contributed by atoms with Crippen LogP contribution in [-0.4, -0.2) is 16.7 Å². The topological polar surface area (TPSA) is 29.4 Å². The second-order valence-electron chi connectivity index (χ2n) is 1.54. The summed E-state index contributed by atoms with van der Waals surface area (Å²) in [4.78, 5) is 14.2. The number of hydrogen-bond acceptors (Lipinski definition) is 2. The summed E-state index contributed by atoms with van der Waals surface area (Å²) in [5, 5.41) is 0.981. The van der Waals surface area contributed by atoms with Crippen LogP contribution >= 0.6 is 11.8 Å². The van der Waals surface area contributed by atoms with Gasteiger partial charge in [-0.05, 0) is 6.42 Å². The van der Waals surface area contributed by atoms with Crippen LogP contribution in [-0.2, 0) is 4.79 Å². The van der Waals surface area contributed by atoms with Gasteiger partial charge in [0.2, 0.25) is 0 Å². The van der Waals surface area contributed by atoms with Gasteiger partial charge in [0.1, 0.15) is 0 Å².